The van der Waals surface area contributed by atoms with E-state index in [1.165, 1.54) is 5.57 Å². The van der Waals surface area contributed by atoms with Crippen molar-refractivity contribution < 1.29 is 24.6 Å². The molecule has 1 rings (SSSR count). The molecule has 0 saturated heterocycles. The van der Waals surface area contributed by atoms with Crippen LogP contribution in [0.5, 0.6) is 0 Å². The van der Waals surface area contributed by atoms with Crippen LogP contribution in [0.3, 0.4) is 0 Å². The summed E-state index contributed by atoms with van der Waals surface area (Å²) in [5, 5.41) is 21.1. The molecule has 138 valence electrons. The average Bonchev–Trinajstić information content (AvgIpc) is 2.53. The lowest BCUT2D eigenvalue weighted by molar-refractivity contribution is -0.159. The van der Waals surface area contributed by atoms with Gasteiger partial charge in [-0.05, 0) is 39.8 Å². The third-order valence-corrected chi connectivity index (χ3v) is 3.00. The number of allylic oxidation sites excluding steroid dienone is 1. The molecule has 1 aromatic rings. The molecule has 25 heavy (non-hydrogen) atoms. The fraction of sp³-hybridized carbons (Fsp3) is 0.389. The predicted molar refractivity (Wildman–Crippen MR) is 95.6 cm³/mol. The summed E-state index contributed by atoms with van der Waals surface area (Å²) in [5.41, 5.74) is 1.86. The van der Waals surface area contributed by atoms with Crippen LogP contribution in [-0.2, 0) is 9.59 Å². The molecule has 0 aliphatic heterocycles. The summed E-state index contributed by atoms with van der Waals surface area (Å²) in [5.74, 6) is -3.68. The van der Waals surface area contributed by atoms with Crippen LogP contribution in [0.25, 0.3) is 0 Å². The van der Waals surface area contributed by atoms with Crippen LogP contribution < -0.4 is 10.6 Å². The lowest BCUT2D eigenvalue weighted by Crippen LogP contribution is -2.49. The van der Waals surface area contributed by atoms with Gasteiger partial charge in [-0.1, -0.05) is 29.8 Å². The van der Waals surface area contributed by atoms with E-state index < -0.39 is 11.9 Å². The number of hydrogen-bond donors (Lipinski definition) is 4. The first-order chi connectivity index (χ1) is 11.5. The highest BCUT2D eigenvalue weighted by Gasteiger charge is 2.17. The monoisotopic (exact) mass is 350 g/mol. The van der Waals surface area contributed by atoms with E-state index in [-0.39, 0.29) is 11.4 Å². The minimum atomic E-state index is -1.82. The van der Waals surface area contributed by atoms with Crippen LogP contribution >= 0.6 is 0 Å². The Morgan fingerprint density at radius 1 is 1.04 bits per heavy atom. The Hall–Kier alpha value is -2.67. The Balaban J connectivity index is 0.000000823. The van der Waals surface area contributed by atoms with Gasteiger partial charge in [-0.3, -0.25) is 4.79 Å². The minimum Gasteiger partial charge on any atom is -0.473 e. The molecule has 7 nitrogen and oxygen atoms in total. The number of carbonyl (C=O) groups is 3. The molecule has 4 N–H and O–H groups in total. The van der Waals surface area contributed by atoms with E-state index in [2.05, 4.69) is 44.4 Å². The number of carboxylic acid groups (broad SMARTS) is 2. The van der Waals surface area contributed by atoms with Gasteiger partial charge in [0, 0.05) is 24.2 Å². The third kappa shape index (κ3) is 11.5. The summed E-state index contributed by atoms with van der Waals surface area (Å²) in [6.45, 7) is 9.72. The van der Waals surface area contributed by atoms with Crippen molar-refractivity contribution in [1.29, 1.82) is 0 Å². The number of carboxylic acids is 2. The van der Waals surface area contributed by atoms with Crippen LogP contribution in [0.2, 0.25) is 0 Å². The van der Waals surface area contributed by atoms with Gasteiger partial charge in [0.1, 0.15) is 0 Å². The number of nitrogens with one attached hydrogen (secondary N) is 2. The summed E-state index contributed by atoms with van der Waals surface area (Å²) in [6, 6.07) is 9.28. The molecular formula is C18H26N2O5. The fourth-order valence-electron chi connectivity index (χ4n) is 1.59. The van der Waals surface area contributed by atoms with Crippen LogP contribution in [0.1, 0.15) is 38.1 Å². The molecule has 0 bridgehead atoms. The van der Waals surface area contributed by atoms with E-state index in [0.717, 1.165) is 6.54 Å². The quantitative estimate of drug-likeness (QED) is 0.460. The van der Waals surface area contributed by atoms with E-state index in [9.17, 15) is 4.79 Å². The topological polar surface area (TPSA) is 116 Å². The van der Waals surface area contributed by atoms with Crippen molar-refractivity contribution in [1.82, 2.24) is 10.6 Å². The average molecular weight is 350 g/mol. The van der Waals surface area contributed by atoms with Gasteiger partial charge in [-0.15, -0.1) is 0 Å². The van der Waals surface area contributed by atoms with Gasteiger partial charge in [-0.25, -0.2) is 9.59 Å². The predicted octanol–water partition coefficient (Wildman–Crippen LogP) is 1.91. The highest BCUT2D eigenvalue weighted by molar-refractivity contribution is 6.27. The molecule has 0 fully saturated rings. The molecule has 1 amide bonds. The van der Waals surface area contributed by atoms with E-state index in [1.807, 2.05) is 30.3 Å². The maximum atomic E-state index is 11.9. The molecule has 0 atom stereocenters. The molecule has 0 heterocycles. The number of rotatable bonds is 6. The zero-order chi connectivity index (χ0) is 19.5. The Morgan fingerprint density at radius 3 is 2.00 bits per heavy atom. The van der Waals surface area contributed by atoms with Crippen molar-refractivity contribution in [3.8, 4) is 0 Å². The second-order valence-corrected chi connectivity index (χ2v) is 6.21. The zero-order valence-electron chi connectivity index (χ0n) is 15.0. The van der Waals surface area contributed by atoms with Crippen LogP contribution in [-0.4, -0.2) is 46.7 Å². The Morgan fingerprint density at radius 2 is 1.56 bits per heavy atom. The van der Waals surface area contributed by atoms with Crippen molar-refractivity contribution in [3.63, 3.8) is 0 Å². The second kappa shape index (κ2) is 11.0. The van der Waals surface area contributed by atoms with Gasteiger partial charge in [0.25, 0.3) is 5.91 Å². The molecule has 0 aliphatic rings. The van der Waals surface area contributed by atoms with E-state index in [0.29, 0.717) is 12.1 Å². The maximum Gasteiger partial charge on any atom is 0.414 e. The smallest absolute Gasteiger partial charge is 0.414 e. The number of aliphatic carboxylic acids is 2. The first-order valence-electron chi connectivity index (χ1n) is 7.73. The van der Waals surface area contributed by atoms with Crippen LogP contribution in [0.15, 0.2) is 42.0 Å². The number of carbonyl (C=O) groups excluding carboxylic acids is 1. The standard InChI is InChI=1S/C16H24N2O.C2H2O4/c1-13(2)10-11-18-16(3,4)12-17-15(19)14-8-6-5-7-9-14;3-1(4)2(5)6/h5-10,18H,11-12H2,1-4H3,(H,17,19);(H,3,4)(H,5,6). The van der Waals surface area contributed by atoms with Crippen molar-refractivity contribution >= 4 is 17.8 Å². The van der Waals surface area contributed by atoms with Crippen LogP contribution in [0.4, 0.5) is 0 Å². The minimum absolute atomic E-state index is 0.0299. The molecule has 1 aromatic carbocycles. The molecule has 0 saturated carbocycles. The molecule has 0 aromatic heterocycles. The van der Waals surface area contributed by atoms with Gasteiger partial charge < -0.3 is 20.8 Å². The summed E-state index contributed by atoms with van der Waals surface area (Å²) in [6.07, 6.45) is 2.14. The molecule has 0 unspecified atom stereocenters. The maximum absolute atomic E-state index is 11.9. The van der Waals surface area contributed by atoms with Crippen LogP contribution in [0, 0.1) is 0 Å². The first kappa shape index (κ1) is 22.3. The molecule has 0 radical (unpaired) electrons. The SMILES string of the molecule is CC(C)=CCNC(C)(C)CNC(=O)c1ccccc1.O=C(O)C(=O)O. The molecule has 7 heteroatoms. The summed E-state index contributed by atoms with van der Waals surface area (Å²) < 4.78 is 0. The van der Waals surface area contributed by atoms with Gasteiger partial charge >= 0.3 is 11.9 Å². The van der Waals surface area contributed by atoms with Crippen molar-refractivity contribution in [3.05, 3.63) is 47.5 Å². The largest absolute Gasteiger partial charge is 0.473 e. The molecule has 0 aliphatic carbocycles. The Bertz CT molecular complexity index is 593. The number of hydrogen-bond acceptors (Lipinski definition) is 4. The lowest BCUT2D eigenvalue weighted by Gasteiger charge is -2.26. The number of benzene rings is 1. The third-order valence-electron chi connectivity index (χ3n) is 3.00. The van der Waals surface area contributed by atoms with Gasteiger partial charge in [0.05, 0.1) is 0 Å². The first-order valence-corrected chi connectivity index (χ1v) is 7.73. The second-order valence-electron chi connectivity index (χ2n) is 6.21. The van der Waals surface area contributed by atoms with Gasteiger partial charge in [-0.2, -0.15) is 0 Å². The summed E-state index contributed by atoms with van der Waals surface area (Å²) in [4.78, 5) is 30.1. The van der Waals surface area contributed by atoms with E-state index in [4.69, 9.17) is 19.8 Å². The summed E-state index contributed by atoms with van der Waals surface area (Å²) >= 11 is 0. The Kier molecular flexibility index (Phi) is 9.81. The lowest BCUT2D eigenvalue weighted by atomic mass is 10.1. The van der Waals surface area contributed by atoms with E-state index in [1.54, 1.807) is 0 Å². The van der Waals surface area contributed by atoms with Crippen molar-refractivity contribution in [2.45, 2.75) is 33.2 Å². The number of amides is 1. The Labute approximate surface area is 147 Å². The normalized spacial score (nSPS) is 10.1. The summed E-state index contributed by atoms with van der Waals surface area (Å²) in [7, 11) is 0. The fourth-order valence-corrected chi connectivity index (χ4v) is 1.59. The van der Waals surface area contributed by atoms with E-state index >= 15 is 0 Å². The van der Waals surface area contributed by atoms with Crippen molar-refractivity contribution in [2.24, 2.45) is 0 Å². The molecule has 0 spiro atoms. The zero-order valence-corrected chi connectivity index (χ0v) is 15.0. The molecular weight excluding hydrogens is 324 g/mol. The van der Waals surface area contributed by atoms with Gasteiger partial charge in [0.15, 0.2) is 0 Å². The van der Waals surface area contributed by atoms with Crippen molar-refractivity contribution in [2.75, 3.05) is 13.1 Å². The highest BCUT2D eigenvalue weighted by atomic mass is 16.4. The van der Waals surface area contributed by atoms with Gasteiger partial charge in [0.2, 0.25) is 0 Å². The highest BCUT2D eigenvalue weighted by Crippen LogP contribution is 2.02.